The maximum absolute atomic E-state index is 14.5. The Kier molecular flexibility index (Phi) is 12.1. The lowest BCUT2D eigenvalue weighted by atomic mass is 10.0. The molecule has 1 atom stereocenters. The summed E-state index contributed by atoms with van der Waals surface area (Å²) in [6.45, 7) is 10.9. The van der Waals surface area contributed by atoms with Crippen LogP contribution in [0.2, 0.25) is 0 Å². The summed E-state index contributed by atoms with van der Waals surface area (Å²) in [5.41, 5.74) is 9.11. The number of hydrogen-bond acceptors (Lipinski definition) is 7. The van der Waals surface area contributed by atoms with Gasteiger partial charge in [-0.3, -0.25) is 14.4 Å². The summed E-state index contributed by atoms with van der Waals surface area (Å²) in [5.74, 6) is -1.36. The fraction of sp³-hybridized carbons (Fsp3) is 0.371. The Bertz CT molecular complexity index is 1680. The van der Waals surface area contributed by atoms with E-state index in [1.54, 1.807) is 45.2 Å². The summed E-state index contributed by atoms with van der Waals surface area (Å²) in [4.78, 5) is 59.9. The predicted octanol–water partition coefficient (Wildman–Crippen LogP) is 3.48. The van der Waals surface area contributed by atoms with Crippen molar-refractivity contribution in [1.29, 1.82) is 0 Å². The van der Waals surface area contributed by atoms with Crippen LogP contribution < -0.4 is 31.3 Å². The lowest BCUT2D eigenvalue weighted by Gasteiger charge is -2.22. The topological polar surface area (TPSA) is 162 Å². The normalized spacial score (nSPS) is 13.9. The molecule has 0 spiro atoms. The van der Waals surface area contributed by atoms with Crippen LogP contribution in [0.1, 0.15) is 58.7 Å². The summed E-state index contributed by atoms with van der Waals surface area (Å²) in [5, 5.41) is 8.37. The molecule has 12 nitrogen and oxygen atoms in total. The molecule has 0 fully saturated rings. The van der Waals surface area contributed by atoms with Gasteiger partial charge in [0.1, 0.15) is 17.6 Å². The second-order valence-electron chi connectivity index (χ2n) is 11.5. The molecule has 1 unspecified atom stereocenters. The Morgan fingerprint density at radius 3 is 2.44 bits per heavy atom. The highest BCUT2D eigenvalue weighted by Gasteiger charge is 2.38. The number of benzene rings is 2. The van der Waals surface area contributed by atoms with Gasteiger partial charge in [0.05, 0.1) is 23.9 Å². The number of anilines is 1. The minimum atomic E-state index is -1.04. The van der Waals surface area contributed by atoms with Crippen molar-refractivity contribution in [2.45, 2.75) is 46.7 Å². The molecular formula is C35H44FN7O5. The third-order valence-corrected chi connectivity index (χ3v) is 8.42. The first-order chi connectivity index (χ1) is 23.0. The van der Waals surface area contributed by atoms with Crippen LogP contribution in [-0.2, 0) is 16.1 Å². The summed E-state index contributed by atoms with van der Waals surface area (Å²) < 4.78 is 19.7. The Labute approximate surface area is 279 Å². The van der Waals surface area contributed by atoms with Crippen molar-refractivity contribution in [3.63, 3.8) is 0 Å². The van der Waals surface area contributed by atoms with Crippen LogP contribution in [0.3, 0.4) is 0 Å². The number of methoxy groups -OCH3 is 1. The van der Waals surface area contributed by atoms with Crippen molar-refractivity contribution in [3.8, 4) is 5.75 Å². The molecule has 0 radical (unpaired) electrons. The van der Waals surface area contributed by atoms with Gasteiger partial charge in [-0.2, -0.15) is 0 Å². The Hall–Kier alpha value is -5.01. The number of hydrogen-bond donors (Lipinski definition) is 5. The molecular weight excluding hydrogens is 617 g/mol. The molecule has 2 aromatic carbocycles. The second-order valence-corrected chi connectivity index (χ2v) is 11.5. The number of H-pyrrole nitrogens is 1. The number of carbonyl (C=O) groups excluding carboxylic acids is 4. The molecule has 1 aliphatic rings. The molecule has 0 bridgehead atoms. The molecule has 0 aliphatic carbocycles. The minimum Gasteiger partial charge on any atom is -0.497 e. The number of carbonyl (C=O) groups is 4. The number of nitrogens with two attached hydrogens (primary N) is 1. The fourth-order valence-electron chi connectivity index (χ4n) is 5.67. The molecule has 2 heterocycles. The number of likely N-dealkylation sites (N-methyl/N-ethyl adjacent to an activating group) is 1. The van der Waals surface area contributed by atoms with Gasteiger partial charge in [-0.25, -0.2) is 14.1 Å². The van der Waals surface area contributed by atoms with Gasteiger partial charge in [0, 0.05) is 36.6 Å². The van der Waals surface area contributed by atoms with Gasteiger partial charge < -0.3 is 36.3 Å². The maximum atomic E-state index is 14.5. The average Bonchev–Trinajstić information content (AvgIpc) is 3.51. The van der Waals surface area contributed by atoms with E-state index in [9.17, 15) is 23.6 Å². The molecule has 1 aliphatic heterocycles. The quantitative estimate of drug-likeness (QED) is 0.165. The van der Waals surface area contributed by atoms with Gasteiger partial charge >= 0.3 is 6.03 Å². The number of aromatic amines is 1. The Morgan fingerprint density at radius 1 is 1.08 bits per heavy atom. The number of amides is 5. The first-order valence-electron chi connectivity index (χ1n) is 16.0. The van der Waals surface area contributed by atoms with E-state index in [2.05, 4.69) is 39.7 Å². The van der Waals surface area contributed by atoms with Gasteiger partial charge in [-0.1, -0.05) is 26.0 Å². The second kappa shape index (κ2) is 16.2. The van der Waals surface area contributed by atoms with Crippen LogP contribution >= 0.6 is 0 Å². The van der Waals surface area contributed by atoms with Gasteiger partial charge in [-0.05, 0) is 87.4 Å². The summed E-state index contributed by atoms with van der Waals surface area (Å²) >= 11 is 0. The monoisotopic (exact) mass is 661 g/mol. The van der Waals surface area contributed by atoms with E-state index in [1.807, 2.05) is 0 Å². The largest absolute Gasteiger partial charge is 0.497 e. The number of nitrogens with zero attached hydrogens (tertiary/aromatic N) is 2. The van der Waals surface area contributed by atoms with E-state index in [0.717, 1.165) is 29.6 Å². The zero-order valence-electron chi connectivity index (χ0n) is 28.0. The van der Waals surface area contributed by atoms with Crippen molar-refractivity contribution in [1.82, 2.24) is 25.8 Å². The average molecular weight is 662 g/mol. The van der Waals surface area contributed by atoms with E-state index in [4.69, 9.17) is 10.5 Å². The zero-order chi connectivity index (χ0) is 35.0. The van der Waals surface area contributed by atoms with Crippen LogP contribution in [0.4, 0.5) is 14.9 Å². The van der Waals surface area contributed by atoms with Crippen LogP contribution in [0.15, 0.2) is 42.5 Å². The molecule has 1 aromatic heterocycles. The van der Waals surface area contributed by atoms with Crippen LogP contribution in [0.5, 0.6) is 5.75 Å². The number of nitrogens with one attached hydrogen (secondary N) is 4. The number of ether oxygens (including phenoxy) is 1. The third-order valence-electron chi connectivity index (χ3n) is 8.42. The highest BCUT2D eigenvalue weighted by molar-refractivity contribution is 6.42. The Morgan fingerprint density at radius 2 is 1.79 bits per heavy atom. The smallest absolute Gasteiger partial charge is 0.329 e. The van der Waals surface area contributed by atoms with E-state index in [0.29, 0.717) is 41.4 Å². The van der Waals surface area contributed by atoms with Gasteiger partial charge in [-0.15, -0.1) is 0 Å². The number of aryl methyl sites for hydroxylation is 1. The highest BCUT2D eigenvalue weighted by Crippen LogP contribution is 2.39. The molecule has 256 valence electrons. The maximum Gasteiger partial charge on any atom is 0.329 e. The number of imide groups is 1. The van der Waals surface area contributed by atoms with Crippen molar-refractivity contribution in [2.24, 2.45) is 5.73 Å². The van der Waals surface area contributed by atoms with Crippen LogP contribution in [0, 0.1) is 19.7 Å². The van der Waals surface area contributed by atoms with Crippen LogP contribution in [-0.4, -0.2) is 79.5 Å². The van der Waals surface area contributed by atoms with E-state index < -0.39 is 29.7 Å². The summed E-state index contributed by atoms with van der Waals surface area (Å²) in [6, 6.07) is 8.92. The van der Waals surface area contributed by atoms with Crippen molar-refractivity contribution in [2.75, 3.05) is 44.7 Å². The van der Waals surface area contributed by atoms with Crippen LogP contribution in [0.25, 0.3) is 11.6 Å². The minimum absolute atomic E-state index is 0.0526. The lowest BCUT2D eigenvalue weighted by Crippen LogP contribution is -2.52. The van der Waals surface area contributed by atoms with Gasteiger partial charge in [0.2, 0.25) is 5.91 Å². The zero-order valence-corrected chi connectivity index (χ0v) is 28.0. The summed E-state index contributed by atoms with van der Waals surface area (Å²) in [7, 11) is 1.56. The predicted molar refractivity (Wildman–Crippen MR) is 183 cm³/mol. The van der Waals surface area contributed by atoms with Crippen molar-refractivity contribution in [3.05, 3.63) is 81.9 Å². The molecule has 4 rings (SSSR count). The van der Waals surface area contributed by atoms with E-state index in [1.165, 1.54) is 18.2 Å². The molecule has 0 saturated heterocycles. The van der Waals surface area contributed by atoms with E-state index >= 15 is 0 Å². The lowest BCUT2D eigenvalue weighted by molar-refractivity contribution is -0.123. The molecule has 5 amide bonds. The summed E-state index contributed by atoms with van der Waals surface area (Å²) in [6.07, 6.45) is 1.63. The van der Waals surface area contributed by atoms with Gasteiger partial charge in [0.25, 0.3) is 11.8 Å². The van der Waals surface area contributed by atoms with E-state index in [-0.39, 0.29) is 42.2 Å². The number of halogens is 1. The number of urea groups is 1. The SMILES string of the molecule is CCN(CC)CCNC(=O)c1c(C)[nH]c(/C=C2\C(=O)N(C(=O)NC(CCN)C(=O)NCc3ccc(OC)cc3)c3ccc(F)cc32)c1C. The van der Waals surface area contributed by atoms with Crippen molar-refractivity contribution >= 4 is 41.1 Å². The highest BCUT2D eigenvalue weighted by atomic mass is 19.1. The standard InChI is InChI=1S/C35H44FN7O5/c1-6-42(7-2)17-16-38-33(45)31-21(3)29(40-22(31)4)19-27-26-18-24(36)10-13-30(26)43(34(27)46)35(47)41-28(14-15-37)32(44)39-20-23-8-11-25(48-5)12-9-23/h8-13,18-19,28,40H,6-7,14-17,20,37H2,1-5H3,(H,38,45)(H,39,44)(H,41,47)/b27-19-. The molecule has 6 N–H and O–H groups in total. The van der Waals surface area contributed by atoms with Crippen molar-refractivity contribution < 1.29 is 28.3 Å². The van der Waals surface area contributed by atoms with Gasteiger partial charge in [0.15, 0.2) is 0 Å². The first kappa shape index (κ1) is 35.8. The first-order valence-corrected chi connectivity index (χ1v) is 16.0. The molecule has 13 heteroatoms. The number of aromatic nitrogens is 1. The molecule has 0 saturated carbocycles. The molecule has 48 heavy (non-hydrogen) atoms. The Balaban J connectivity index is 1.54. The number of fused-ring (bicyclic) bond motifs is 1. The third kappa shape index (κ3) is 8.09. The molecule has 3 aromatic rings. The fourth-order valence-corrected chi connectivity index (χ4v) is 5.67. The number of rotatable bonds is 14.